The van der Waals surface area contributed by atoms with Gasteiger partial charge < -0.3 is 106 Å². The van der Waals surface area contributed by atoms with Crippen LogP contribution in [-0.4, -0.2) is 214 Å². The Morgan fingerprint density at radius 2 is 0.833 bits per heavy atom. The standard InChI is InChI=1S/C13H14N4O4.C13H14N4O3.C11H13N3O4.C11H12N2O6.C11H12N2O5/c1-2-6-4-17(9-3-7(19)8(5-18)21-9)11-10(6)12(20)16-13(14)15-11;1-2-7-4-17(10-3-8(19)9(5-18)20-10)13-11(7)12(14)15-6-16-13;1-2-6-4-14(11(17)13-10(6)12)9-3-7(16)8(5-15)18-9;1-2-5-3-13(11(18)12-9(5)17)10-8(16)7(15)6(4-14)19-10;1-2-6-4-13(11(17)12-10(6)16)9-3-7(15)8(5-14)18-9/h1,4,7-9,18-19H,3,5H2,(H3,14,15,16,20);1,4,6,8-10,18-19H,3,5H2,(H2,14,15,16);1,4,7-9,15-16H,3,5H2,(H2,12,13,17);1,3,6-8,10,14-16H,4H2,(H,12,17,18);1,4,7-9,14-15H,3,5H2,(H,12,16,17)/t7-,8-,9-;8-,9-,10-;7-,8-,9-;6-,7+,8?,10-;7-,8-,9-/m11111/s1. The highest BCUT2D eigenvalue weighted by Gasteiger charge is 2.44. The highest BCUT2D eigenvalue weighted by Crippen LogP contribution is 2.36. The number of anilines is 3. The number of terminal acetylenes is 5. The predicted octanol–water partition coefficient (Wildman–Crippen LogP) is -7.70. The van der Waals surface area contributed by atoms with Gasteiger partial charge in [-0.1, -0.05) is 29.6 Å². The van der Waals surface area contributed by atoms with Crippen molar-refractivity contribution in [2.24, 2.45) is 0 Å². The first-order valence-corrected chi connectivity index (χ1v) is 28.7. The van der Waals surface area contributed by atoms with E-state index < -0.39 is 139 Å². The molecule has 12 heterocycles. The number of nitrogen functional groups attached to an aromatic ring is 3. The number of fused-ring (bicyclic) bond motifs is 2. The van der Waals surface area contributed by atoms with Gasteiger partial charge in [0, 0.05) is 56.7 Å². The van der Waals surface area contributed by atoms with Gasteiger partial charge in [-0.3, -0.25) is 43.0 Å². The Morgan fingerprint density at radius 1 is 0.438 bits per heavy atom. The zero-order chi connectivity index (χ0) is 70.1. The van der Waals surface area contributed by atoms with Crippen LogP contribution in [0.25, 0.3) is 22.1 Å². The maximum Gasteiger partial charge on any atom is 0.351 e. The van der Waals surface area contributed by atoms with Gasteiger partial charge in [0.15, 0.2) is 11.9 Å². The van der Waals surface area contributed by atoms with Crippen molar-refractivity contribution in [2.75, 3.05) is 50.2 Å². The summed E-state index contributed by atoms with van der Waals surface area (Å²) in [6.07, 6.45) is 22.0. The zero-order valence-electron chi connectivity index (χ0n) is 50.1. The zero-order valence-corrected chi connectivity index (χ0v) is 50.1. The number of aliphatic hydroxyl groups excluding tert-OH is 11. The minimum Gasteiger partial charge on any atom is -0.394 e. The number of hydrogen-bond acceptors (Lipinski definition) is 29. The molecular weight excluding hydrogens is 1270 g/mol. The summed E-state index contributed by atoms with van der Waals surface area (Å²) in [7, 11) is 0. The van der Waals surface area contributed by atoms with Gasteiger partial charge in [0.25, 0.3) is 16.7 Å². The molecule has 7 aromatic rings. The quantitative estimate of drug-likeness (QED) is 0.0566. The molecule has 0 saturated carbocycles. The van der Waals surface area contributed by atoms with Gasteiger partial charge in [-0.05, 0) is 0 Å². The van der Waals surface area contributed by atoms with Crippen molar-refractivity contribution in [3.05, 3.63) is 128 Å². The number of ether oxygens (including phenoxy) is 5. The van der Waals surface area contributed by atoms with Crippen LogP contribution in [0.3, 0.4) is 0 Å². The Labute approximate surface area is 539 Å². The maximum absolute atomic E-state index is 12.0. The van der Waals surface area contributed by atoms with Gasteiger partial charge in [-0.15, -0.1) is 32.1 Å². The van der Waals surface area contributed by atoms with Crippen molar-refractivity contribution in [2.45, 2.75) is 124 Å². The molecule has 37 nitrogen and oxygen atoms in total. The first-order valence-electron chi connectivity index (χ1n) is 28.7. The molecular formula is C59H65N15O22. The number of aromatic nitrogens is 12. The summed E-state index contributed by atoms with van der Waals surface area (Å²) in [5.74, 6) is 11.8. The first-order chi connectivity index (χ1) is 45.8. The fourth-order valence-electron chi connectivity index (χ4n) is 10.6. The van der Waals surface area contributed by atoms with Gasteiger partial charge in [-0.2, -0.15) is 9.97 Å². The molecule has 5 fully saturated rings. The third kappa shape index (κ3) is 15.0. The van der Waals surface area contributed by atoms with E-state index in [1.807, 2.05) is 4.98 Å². The first kappa shape index (κ1) is 71.7. The molecule has 0 amide bonds. The van der Waals surface area contributed by atoms with Gasteiger partial charge >= 0.3 is 17.1 Å². The van der Waals surface area contributed by atoms with Crippen LogP contribution in [-0.2, 0) is 23.7 Å². The Balaban J connectivity index is 0.000000154. The highest BCUT2D eigenvalue weighted by molar-refractivity contribution is 5.92. The van der Waals surface area contributed by atoms with E-state index in [-0.39, 0.29) is 79.5 Å². The predicted molar refractivity (Wildman–Crippen MR) is 331 cm³/mol. The Kier molecular flexibility index (Phi) is 23.1. The minimum absolute atomic E-state index is 0.000128. The number of rotatable bonds is 10. The van der Waals surface area contributed by atoms with E-state index in [1.54, 1.807) is 21.5 Å². The normalized spacial score (nSPS) is 27.1. The van der Waals surface area contributed by atoms with Gasteiger partial charge in [-0.25, -0.2) is 24.4 Å². The maximum atomic E-state index is 12.0. The molecule has 0 spiro atoms. The SMILES string of the molecule is C#Cc1cn([C@@H]2O[C@H](CO)[C@H](O)C2O)c(=O)[nH]c1=O.C#Cc1cn([C@H]2C[C@@H](O)[C@@H](CO)O2)c(=O)[nH]c1=O.C#Cc1cn([C@H]2C[C@@H](O)[C@@H](CO)O2)c(=O)nc1N.C#Cc1cn([C@H]2C[C@@H](O)[C@@H](CO)O2)c2nc(N)[nH]c(=O)c12.C#Cc1cn([C@H]2C[C@@H](O)[C@@H](CO)O2)c2ncnc(N)c12. The molecule has 20 N–H and O–H groups in total. The van der Waals surface area contributed by atoms with E-state index in [4.69, 9.17) is 98.5 Å². The monoisotopic (exact) mass is 1340 g/mol. The number of nitrogens with one attached hydrogen (secondary N) is 3. The lowest BCUT2D eigenvalue weighted by atomic mass is 10.1. The molecule has 37 heteroatoms. The molecule has 16 atom stereocenters. The fourth-order valence-corrected chi connectivity index (χ4v) is 10.6. The van der Waals surface area contributed by atoms with Crippen LogP contribution >= 0.6 is 0 Å². The molecule has 508 valence electrons. The topological polar surface area (TPSA) is 573 Å². The molecule has 1 unspecified atom stereocenters. The number of aromatic amines is 3. The molecule has 5 saturated heterocycles. The smallest absolute Gasteiger partial charge is 0.351 e. The van der Waals surface area contributed by atoms with Crippen molar-refractivity contribution in [3.63, 3.8) is 0 Å². The van der Waals surface area contributed by atoms with Gasteiger partial charge in [0.05, 0.1) is 84.9 Å². The van der Waals surface area contributed by atoms with Gasteiger partial charge in [0.1, 0.15) is 102 Å². The van der Waals surface area contributed by atoms with Crippen LogP contribution in [0.15, 0.2) is 66.1 Å². The van der Waals surface area contributed by atoms with Crippen molar-refractivity contribution in [1.29, 1.82) is 0 Å². The van der Waals surface area contributed by atoms with Crippen molar-refractivity contribution < 1.29 is 79.9 Å². The Morgan fingerprint density at radius 3 is 1.27 bits per heavy atom. The summed E-state index contributed by atoms with van der Waals surface area (Å²) in [5, 5.41) is 104. The third-order valence-electron chi connectivity index (χ3n) is 15.6. The lowest BCUT2D eigenvalue weighted by Gasteiger charge is -2.17. The van der Waals surface area contributed by atoms with Crippen molar-refractivity contribution >= 4 is 39.7 Å². The van der Waals surface area contributed by atoms with E-state index in [0.717, 1.165) is 15.3 Å². The van der Waals surface area contributed by atoms with E-state index in [2.05, 4.69) is 59.5 Å². The summed E-state index contributed by atoms with van der Waals surface area (Å²) in [6.45, 7) is -1.73. The number of nitrogens with two attached hydrogens (primary N) is 3. The van der Waals surface area contributed by atoms with Crippen LogP contribution in [0.1, 0.15) is 84.6 Å². The second kappa shape index (κ2) is 30.9. The van der Waals surface area contributed by atoms with E-state index in [1.165, 1.54) is 23.3 Å². The molecule has 7 aromatic heterocycles. The summed E-state index contributed by atoms with van der Waals surface area (Å²) >= 11 is 0. The van der Waals surface area contributed by atoms with E-state index >= 15 is 0 Å². The second-order valence-corrected chi connectivity index (χ2v) is 21.6. The Bertz CT molecular complexity index is 4580. The van der Waals surface area contributed by atoms with Crippen LogP contribution in [0, 0.1) is 61.7 Å². The lowest BCUT2D eigenvalue weighted by Crippen LogP contribution is -2.38. The molecule has 5 aliphatic heterocycles. The summed E-state index contributed by atoms with van der Waals surface area (Å²) < 4.78 is 33.4. The molecule has 0 aliphatic carbocycles. The fraction of sp³-hybridized carbons (Fsp3) is 0.424. The van der Waals surface area contributed by atoms with Crippen LogP contribution in [0.5, 0.6) is 0 Å². The van der Waals surface area contributed by atoms with Crippen LogP contribution in [0.2, 0.25) is 0 Å². The van der Waals surface area contributed by atoms with Crippen LogP contribution < -0.4 is 50.9 Å². The molecule has 0 aromatic carbocycles. The summed E-state index contributed by atoms with van der Waals surface area (Å²) in [4.78, 5) is 91.7. The Hall–Kier alpha value is -10.2. The average Bonchev–Trinajstić information content (AvgIpc) is 1.62. The number of H-pyrrole nitrogens is 3. The summed E-state index contributed by atoms with van der Waals surface area (Å²) in [5.41, 5.74) is 14.9. The number of hydrogen-bond donors (Lipinski definition) is 17. The van der Waals surface area contributed by atoms with Crippen molar-refractivity contribution in [1.82, 2.24) is 57.7 Å². The molecule has 0 radical (unpaired) electrons. The third-order valence-corrected chi connectivity index (χ3v) is 15.6. The second-order valence-electron chi connectivity index (χ2n) is 21.6. The average molecular weight is 1340 g/mol. The molecule has 12 rings (SSSR count). The van der Waals surface area contributed by atoms with Gasteiger partial charge in [0.2, 0.25) is 5.95 Å². The largest absolute Gasteiger partial charge is 0.394 e. The lowest BCUT2D eigenvalue weighted by molar-refractivity contribution is -0.0550. The molecule has 96 heavy (non-hydrogen) atoms. The summed E-state index contributed by atoms with van der Waals surface area (Å²) in [6, 6.07) is 0. The van der Waals surface area contributed by atoms with Crippen molar-refractivity contribution in [3.8, 4) is 61.7 Å². The highest BCUT2D eigenvalue weighted by atomic mass is 16.6. The van der Waals surface area contributed by atoms with Crippen LogP contribution in [0.4, 0.5) is 17.6 Å². The molecule has 0 bridgehead atoms. The van der Waals surface area contributed by atoms with E-state index in [9.17, 15) is 59.4 Å². The van der Waals surface area contributed by atoms with E-state index in [0.29, 0.717) is 40.0 Å². The number of aliphatic hydroxyl groups is 11. The number of nitrogens with zero attached hydrogens (tertiary/aromatic N) is 9. The molecule has 5 aliphatic rings. The minimum atomic E-state index is -1.42.